The number of carboxylic acids is 1. The van der Waals surface area contributed by atoms with Gasteiger partial charge in [-0.1, -0.05) is 13.8 Å². The third-order valence-electron chi connectivity index (χ3n) is 4.51. The highest BCUT2D eigenvalue weighted by molar-refractivity contribution is 5.86. The van der Waals surface area contributed by atoms with Crippen LogP contribution in [0.2, 0.25) is 0 Å². The first-order valence-electron chi connectivity index (χ1n) is 8.38. The van der Waals surface area contributed by atoms with Crippen molar-refractivity contribution in [2.45, 2.75) is 46.6 Å². The van der Waals surface area contributed by atoms with Crippen molar-refractivity contribution in [3.8, 4) is 5.75 Å². The molecule has 2 rings (SSSR count). The first kappa shape index (κ1) is 19.5. The Bertz CT molecular complexity index is 912. The quantitative estimate of drug-likeness (QED) is 0.740. The number of carbonyl (C=O) groups excluding carboxylic acids is 2. The minimum Gasteiger partial charge on any atom is -0.548 e. The van der Waals surface area contributed by atoms with Crippen LogP contribution >= 0.6 is 0 Å². The molecule has 1 aromatic heterocycles. The Labute approximate surface area is 150 Å². The lowest BCUT2D eigenvalue weighted by atomic mass is 10.00. The second kappa shape index (κ2) is 7.59. The fourth-order valence-corrected chi connectivity index (χ4v) is 2.85. The molecule has 2 N–H and O–H groups in total. The number of phenolic OH excluding ortho intramolecular Hbond substituents is 1. The van der Waals surface area contributed by atoms with E-state index in [1.165, 1.54) is 6.07 Å². The van der Waals surface area contributed by atoms with Gasteiger partial charge in [0.15, 0.2) is 0 Å². The molecule has 7 heteroatoms. The predicted molar refractivity (Wildman–Crippen MR) is 93.7 cm³/mol. The van der Waals surface area contributed by atoms with E-state index in [9.17, 15) is 24.6 Å². The molecule has 0 unspecified atom stereocenters. The van der Waals surface area contributed by atoms with Crippen molar-refractivity contribution in [3.63, 3.8) is 0 Å². The highest BCUT2D eigenvalue weighted by atomic mass is 16.4. The summed E-state index contributed by atoms with van der Waals surface area (Å²) < 4.78 is 5.32. The van der Waals surface area contributed by atoms with Crippen molar-refractivity contribution >= 4 is 22.8 Å². The van der Waals surface area contributed by atoms with Gasteiger partial charge in [-0.15, -0.1) is 0 Å². The lowest BCUT2D eigenvalue weighted by molar-refractivity contribution is -0.309. The minimum absolute atomic E-state index is 0.0363. The molecule has 0 fully saturated rings. The number of hydrogen-bond acceptors (Lipinski definition) is 6. The molecule has 0 aliphatic heterocycles. The fraction of sp³-hybridized carbons (Fsp3) is 0.421. The summed E-state index contributed by atoms with van der Waals surface area (Å²) in [7, 11) is 0. The van der Waals surface area contributed by atoms with E-state index < -0.39 is 23.5 Å². The van der Waals surface area contributed by atoms with E-state index in [-0.39, 0.29) is 24.5 Å². The van der Waals surface area contributed by atoms with E-state index >= 15 is 0 Å². The summed E-state index contributed by atoms with van der Waals surface area (Å²) in [6.45, 7) is 6.74. The van der Waals surface area contributed by atoms with E-state index in [1.54, 1.807) is 33.8 Å². The Balaban J connectivity index is 2.24. The molecule has 0 bridgehead atoms. The highest BCUT2D eigenvalue weighted by Crippen LogP contribution is 2.28. The number of nitrogens with one attached hydrogen (secondary N) is 1. The van der Waals surface area contributed by atoms with Gasteiger partial charge < -0.3 is 24.7 Å². The summed E-state index contributed by atoms with van der Waals surface area (Å²) in [5.74, 6) is -2.10. The lowest BCUT2D eigenvalue weighted by Crippen LogP contribution is -2.50. The normalized spacial score (nSPS) is 12.3. The van der Waals surface area contributed by atoms with E-state index in [4.69, 9.17) is 4.42 Å². The summed E-state index contributed by atoms with van der Waals surface area (Å²) in [4.78, 5) is 35.4. The number of fused-ring (bicyclic) bond motifs is 1. The topological polar surface area (TPSA) is 120 Å². The predicted octanol–water partition coefficient (Wildman–Crippen LogP) is 0.939. The zero-order valence-electron chi connectivity index (χ0n) is 15.2. The molecule has 1 atom stereocenters. The number of amides is 1. The zero-order chi connectivity index (χ0) is 19.6. The van der Waals surface area contributed by atoms with Gasteiger partial charge in [0.05, 0.1) is 12.0 Å². The molecule has 0 spiro atoms. The van der Waals surface area contributed by atoms with Crippen molar-refractivity contribution in [1.29, 1.82) is 0 Å². The van der Waals surface area contributed by atoms with Gasteiger partial charge in [0.25, 0.3) is 0 Å². The molecular formula is C19H22NO6-. The highest BCUT2D eigenvalue weighted by Gasteiger charge is 2.19. The first-order chi connectivity index (χ1) is 12.1. The Kier molecular flexibility index (Phi) is 5.69. The van der Waals surface area contributed by atoms with Crippen LogP contribution in [0.4, 0.5) is 0 Å². The molecule has 1 aromatic carbocycles. The molecule has 26 heavy (non-hydrogen) atoms. The van der Waals surface area contributed by atoms with E-state index in [2.05, 4.69) is 5.32 Å². The van der Waals surface area contributed by atoms with Gasteiger partial charge in [0, 0.05) is 22.9 Å². The second-order valence-electron chi connectivity index (χ2n) is 6.69. The third kappa shape index (κ3) is 3.87. The largest absolute Gasteiger partial charge is 0.548 e. The van der Waals surface area contributed by atoms with Crippen molar-refractivity contribution in [1.82, 2.24) is 5.32 Å². The molecule has 1 heterocycles. The smallest absolute Gasteiger partial charge is 0.339 e. The molecule has 0 aliphatic carbocycles. The molecule has 7 nitrogen and oxygen atoms in total. The standard InChI is InChI=1S/C19H23NO6/c1-9(2)16(18(23)24)20-15(22)8-6-13-10(3)12-5-7-14(21)11(4)17(12)26-19(13)25/h5,7,9,16,21H,6,8H2,1-4H3,(H,20,22)(H,23,24)/p-1/t16-/m0/s1. The third-order valence-corrected chi connectivity index (χ3v) is 4.51. The van der Waals surface area contributed by atoms with Gasteiger partial charge in [-0.05, 0) is 43.9 Å². The maximum atomic E-state index is 12.3. The second-order valence-corrected chi connectivity index (χ2v) is 6.69. The Hall–Kier alpha value is -2.83. The van der Waals surface area contributed by atoms with Gasteiger partial charge in [0.1, 0.15) is 11.3 Å². The first-order valence-corrected chi connectivity index (χ1v) is 8.38. The average Bonchev–Trinajstić information content (AvgIpc) is 2.55. The van der Waals surface area contributed by atoms with E-state index in [0.29, 0.717) is 27.7 Å². The van der Waals surface area contributed by atoms with Crippen molar-refractivity contribution in [2.24, 2.45) is 5.92 Å². The van der Waals surface area contributed by atoms with Crippen LogP contribution in [0.15, 0.2) is 21.3 Å². The van der Waals surface area contributed by atoms with Crippen molar-refractivity contribution < 1.29 is 24.2 Å². The lowest BCUT2D eigenvalue weighted by Gasteiger charge is -2.23. The molecule has 140 valence electrons. The summed E-state index contributed by atoms with van der Waals surface area (Å²) in [5.41, 5.74) is 1.25. The number of phenols is 1. The maximum Gasteiger partial charge on any atom is 0.339 e. The van der Waals surface area contributed by atoms with Crippen LogP contribution in [0.1, 0.15) is 37.0 Å². The molecule has 1 amide bonds. The molecule has 0 saturated carbocycles. The zero-order valence-corrected chi connectivity index (χ0v) is 15.2. The fourth-order valence-electron chi connectivity index (χ4n) is 2.85. The van der Waals surface area contributed by atoms with Crippen LogP contribution in [0.25, 0.3) is 11.0 Å². The van der Waals surface area contributed by atoms with Crippen molar-refractivity contribution in [3.05, 3.63) is 39.2 Å². The number of carboxylic acid groups (broad SMARTS) is 1. The van der Waals surface area contributed by atoms with Crippen LogP contribution in [0, 0.1) is 19.8 Å². The Morgan fingerprint density at radius 2 is 1.88 bits per heavy atom. The van der Waals surface area contributed by atoms with Crippen LogP contribution in [0.3, 0.4) is 0 Å². The van der Waals surface area contributed by atoms with Gasteiger partial charge in [0.2, 0.25) is 5.91 Å². The van der Waals surface area contributed by atoms with Crippen LogP contribution in [0.5, 0.6) is 5.75 Å². The number of hydrogen-bond donors (Lipinski definition) is 2. The van der Waals surface area contributed by atoms with Gasteiger partial charge in [-0.25, -0.2) is 4.79 Å². The number of benzene rings is 1. The Morgan fingerprint density at radius 3 is 2.46 bits per heavy atom. The van der Waals surface area contributed by atoms with E-state index in [1.807, 2.05) is 0 Å². The average molecular weight is 360 g/mol. The maximum absolute atomic E-state index is 12.3. The Morgan fingerprint density at radius 1 is 1.23 bits per heavy atom. The summed E-state index contributed by atoms with van der Waals surface area (Å²) in [6.07, 6.45) is 0.0679. The number of rotatable bonds is 6. The summed E-state index contributed by atoms with van der Waals surface area (Å²) >= 11 is 0. The van der Waals surface area contributed by atoms with Crippen LogP contribution in [-0.4, -0.2) is 23.0 Å². The number of aromatic hydroxyl groups is 1. The monoisotopic (exact) mass is 360 g/mol. The summed E-state index contributed by atoms with van der Waals surface area (Å²) in [6, 6.07) is 2.10. The molecule has 0 saturated heterocycles. The van der Waals surface area contributed by atoms with Crippen molar-refractivity contribution in [2.75, 3.05) is 0 Å². The molecule has 0 aliphatic rings. The van der Waals surface area contributed by atoms with Gasteiger partial charge >= 0.3 is 5.63 Å². The molecule has 2 aromatic rings. The number of aryl methyl sites for hydroxylation is 2. The van der Waals surface area contributed by atoms with Crippen LogP contribution in [-0.2, 0) is 16.0 Å². The van der Waals surface area contributed by atoms with Gasteiger partial charge in [-0.3, -0.25) is 4.79 Å². The molecular weight excluding hydrogens is 338 g/mol. The minimum atomic E-state index is -1.34. The number of aliphatic carboxylic acids is 1. The van der Waals surface area contributed by atoms with Gasteiger partial charge in [-0.2, -0.15) is 0 Å². The molecule has 0 radical (unpaired) electrons. The number of carbonyl (C=O) groups is 2. The van der Waals surface area contributed by atoms with E-state index in [0.717, 1.165) is 0 Å². The summed E-state index contributed by atoms with van der Waals surface area (Å²) in [5, 5.41) is 23.9. The SMILES string of the molecule is Cc1c(CCC(=O)N[C@H](C(=O)[O-])C(C)C)c(=O)oc2c(C)c(O)ccc12. The van der Waals surface area contributed by atoms with Crippen LogP contribution < -0.4 is 16.0 Å².